The summed E-state index contributed by atoms with van der Waals surface area (Å²) in [6.07, 6.45) is 8.40. The largest absolute Gasteiger partial charge is 0.313 e. The molecule has 2 bridgehead atoms. The molecule has 3 heteroatoms. The van der Waals surface area contributed by atoms with Crippen LogP contribution < -0.4 is 5.32 Å². The van der Waals surface area contributed by atoms with E-state index in [1.807, 2.05) is 0 Å². The van der Waals surface area contributed by atoms with Crippen molar-refractivity contribution < 1.29 is 0 Å². The highest BCUT2D eigenvalue weighted by Crippen LogP contribution is 2.29. The van der Waals surface area contributed by atoms with E-state index < -0.39 is 0 Å². The molecule has 0 spiro atoms. The summed E-state index contributed by atoms with van der Waals surface area (Å²) in [5.74, 6) is 0.970. The molecule has 3 heterocycles. The summed E-state index contributed by atoms with van der Waals surface area (Å²) in [7, 11) is 2.35. The van der Waals surface area contributed by atoms with E-state index >= 15 is 0 Å². The fraction of sp³-hybridized carbons (Fsp3) is 1.00. The van der Waals surface area contributed by atoms with Gasteiger partial charge in [-0.15, -0.1) is 0 Å². The Morgan fingerprint density at radius 2 is 1.95 bits per heavy atom. The minimum atomic E-state index is 0.751. The minimum Gasteiger partial charge on any atom is -0.313 e. The Balaban J connectivity index is 1.52. The summed E-state index contributed by atoms with van der Waals surface area (Å²) in [5, 5.41) is 3.75. The Morgan fingerprint density at radius 1 is 1.11 bits per heavy atom. The first-order valence-corrected chi connectivity index (χ1v) is 8.44. The first kappa shape index (κ1) is 13.8. The Kier molecular flexibility index (Phi) is 4.45. The van der Waals surface area contributed by atoms with Crippen molar-refractivity contribution in [1.82, 2.24) is 15.1 Å². The van der Waals surface area contributed by atoms with Crippen molar-refractivity contribution in [3.8, 4) is 0 Å². The number of nitrogens with zero attached hydrogens (tertiary/aromatic N) is 2. The summed E-state index contributed by atoms with van der Waals surface area (Å²) in [4.78, 5) is 5.40. The normalized spacial score (nSPS) is 41.4. The lowest BCUT2D eigenvalue weighted by Gasteiger charge is -2.34. The molecule has 3 saturated heterocycles. The molecule has 3 rings (SSSR count). The lowest BCUT2D eigenvalue weighted by atomic mass is 9.90. The number of likely N-dealkylation sites (N-methyl/N-ethyl adjacent to an activating group) is 1. The first-order chi connectivity index (χ1) is 9.26. The van der Waals surface area contributed by atoms with Crippen molar-refractivity contribution in [1.29, 1.82) is 0 Å². The van der Waals surface area contributed by atoms with Crippen LogP contribution in [0.1, 0.15) is 45.4 Å². The van der Waals surface area contributed by atoms with Crippen molar-refractivity contribution >= 4 is 0 Å². The molecule has 110 valence electrons. The van der Waals surface area contributed by atoms with Crippen LogP contribution in [0.3, 0.4) is 0 Å². The van der Waals surface area contributed by atoms with Gasteiger partial charge in [-0.3, -0.25) is 4.90 Å². The predicted molar refractivity (Wildman–Crippen MR) is 80.4 cm³/mol. The van der Waals surface area contributed by atoms with Gasteiger partial charge in [-0.25, -0.2) is 0 Å². The molecular weight excluding hydrogens is 234 g/mol. The molecule has 3 nitrogen and oxygen atoms in total. The third-order valence-electron chi connectivity index (χ3n) is 5.89. The molecule has 0 aromatic rings. The van der Waals surface area contributed by atoms with Gasteiger partial charge in [0.15, 0.2) is 0 Å². The number of likely N-dealkylation sites (tertiary alicyclic amines) is 1. The topological polar surface area (TPSA) is 18.5 Å². The van der Waals surface area contributed by atoms with E-state index in [0.717, 1.165) is 24.0 Å². The van der Waals surface area contributed by atoms with E-state index in [9.17, 15) is 0 Å². The van der Waals surface area contributed by atoms with Crippen molar-refractivity contribution in [2.45, 2.75) is 63.6 Å². The zero-order chi connectivity index (χ0) is 13.2. The van der Waals surface area contributed by atoms with E-state index in [4.69, 9.17) is 0 Å². The Bertz CT molecular complexity index is 294. The van der Waals surface area contributed by atoms with Crippen LogP contribution in [0, 0.1) is 5.92 Å². The third-order valence-corrected chi connectivity index (χ3v) is 5.89. The molecular formula is C16H31N3. The fourth-order valence-electron chi connectivity index (χ4n) is 4.46. The van der Waals surface area contributed by atoms with Gasteiger partial charge in [-0.2, -0.15) is 0 Å². The maximum atomic E-state index is 3.75. The van der Waals surface area contributed by atoms with Gasteiger partial charge in [-0.1, -0.05) is 13.3 Å². The van der Waals surface area contributed by atoms with E-state index in [-0.39, 0.29) is 0 Å². The van der Waals surface area contributed by atoms with Gasteiger partial charge >= 0.3 is 0 Å². The van der Waals surface area contributed by atoms with Crippen molar-refractivity contribution in [2.24, 2.45) is 5.92 Å². The van der Waals surface area contributed by atoms with E-state index in [1.54, 1.807) is 0 Å². The molecule has 0 saturated carbocycles. The minimum absolute atomic E-state index is 0.751. The van der Waals surface area contributed by atoms with Gasteiger partial charge in [0.1, 0.15) is 0 Å². The van der Waals surface area contributed by atoms with Crippen molar-refractivity contribution in [2.75, 3.05) is 33.2 Å². The van der Waals surface area contributed by atoms with E-state index in [2.05, 4.69) is 29.1 Å². The maximum Gasteiger partial charge on any atom is 0.0223 e. The number of rotatable bonds is 3. The highest BCUT2D eigenvalue weighted by atomic mass is 15.3. The van der Waals surface area contributed by atoms with E-state index in [1.165, 1.54) is 64.7 Å². The summed E-state index contributed by atoms with van der Waals surface area (Å²) in [5.41, 5.74) is 0. The zero-order valence-corrected chi connectivity index (χ0v) is 12.8. The first-order valence-electron chi connectivity index (χ1n) is 8.44. The summed E-state index contributed by atoms with van der Waals surface area (Å²) < 4.78 is 0. The molecule has 3 fully saturated rings. The number of hydrogen-bond donors (Lipinski definition) is 1. The second-order valence-electron chi connectivity index (χ2n) is 7.05. The zero-order valence-electron chi connectivity index (χ0n) is 12.8. The number of piperidine rings is 1. The van der Waals surface area contributed by atoms with Crippen LogP contribution in [-0.2, 0) is 0 Å². The monoisotopic (exact) mass is 265 g/mol. The Hall–Kier alpha value is -0.120. The molecule has 0 aliphatic carbocycles. The molecule has 0 aromatic carbocycles. The van der Waals surface area contributed by atoms with Gasteiger partial charge in [0.2, 0.25) is 0 Å². The molecule has 3 aliphatic heterocycles. The SMILES string of the molecule is CCC1CCNC(CN2CCC3CCC(C2)N3C)C1. The summed E-state index contributed by atoms with van der Waals surface area (Å²) in [6.45, 7) is 7.51. The fourth-order valence-corrected chi connectivity index (χ4v) is 4.46. The van der Waals surface area contributed by atoms with E-state index in [0.29, 0.717) is 0 Å². The van der Waals surface area contributed by atoms with Crippen LogP contribution in [0.5, 0.6) is 0 Å². The lowest BCUT2D eigenvalue weighted by molar-refractivity contribution is 0.181. The number of fused-ring (bicyclic) bond motifs is 2. The third kappa shape index (κ3) is 3.14. The van der Waals surface area contributed by atoms with Crippen LogP contribution in [0.25, 0.3) is 0 Å². The van der Waals surface area contributed by atoms with Crippen LogP contribution in [0.4, 0.5) is 0 Å². The smallest absolute Gasteiger partial charge is 0.0223 e. The lowest BCUT2D eigenvalue weighted by Crippen LogP contribution is -2.47. The quantitative estimate of drug-likeness (QED) is 0.841. The van der Waals surface area contributed by atoms with Gasteiger partial charge in [0.25, 0.3) is 0 Å². The summed E-state index contributed by atoms with van der Waals surface area (Å²) >= 11 is 0. The van der Waals surface area contributed by atoms with Crippen LogP contribution >= 0.6 is 0 Å². The molecule has 0 aromatic heterocycles. The highest BCUT2D eigenvalue weighted by Gasteiger charge is 2.35. The maximum absolute atomic E-state index is 3.75. The van der Waals surface area contributed by atoms with Crippen molar-refractivity contribution in [3.05, 3.63) is 0 Å². The average Bonchev–Trinajstić information content (AvgIpc) is 2.67. The molecule has 1 N–H and O–H groups in total. The highest BCUT2D eigenvalue weighted by molar-refractivity contribution is 4.92. The summed E-state index contributed by atoms with van der Waals surface area (Å²) in [6, 6.07) is 2.46. The van der Waals surface area contributed by atoms with Crippen LogP contribution in [0.15, 0.2) is 0 Å². The second kappa shape index (κ2) is 6.11. The Labute approximate surface area is 118 Å². The number of nitrogens with one attached hydrogen (secondary N) is 1. The molecule has 19 heavy (non-hydrogen) atoms. The number of hydrogen-bond acceptors (Lipinski definition) is 3. The Morgan fingerprint density at radius 3 is 2.79 bits per heavy atom. The van der Waals surface area contributed by atoms with Crippen LogP contribution in [0.2, 0.25) is 0 Å². The molecule has 3 aliphatic rings. The van der Waals surface area contributed by atoms with Crippen LogP contribution in [-0.4, -0.2) is 61.2 Å². The predicted octanol–water partition coefficient (Wildman–Crippen LogP) is 1.93. The molecule has 0 amide bonds. The molecule has 4 atom stereocenters. The van der Waals surface area contributed by atoms with Gasteiger partial charge in [0.05, 0.1) is 0 Å². The van der Waals surface area contributed by atoms with Crippen molar-refractivity contribution in [3.63, 3.8) is 0 Å². The molecule has 4 unspecified atom stereocenters. The average molecular weight is 265 g/mol. The van der Waals surface area contributed by atoms with Gasteiger partial charge < -0.3 is 10.2 Å². The van der Waals surface area contributed by atoms with Gasteiger partial charge in [-0.05, 0) is 58.2 Å². The van der Waals surface area contributed by atoms with Gasteiger partial charge in [0, 0.05) is 31.2 Å². The molecule has 0 radical (unpaired) electrons. The second-order valence-corrected chi connectivity index (χ2v) is 7.05. The standard InChI is InChI=1S/C16H31N3/c1-3-13-6-8-17-14(10-13)11-19-9-7-15-4-5-16(12-19)18(15)2/h13-17H,3-12H2,1-2H3.